The summed E-state index contributed by atoms with van der Waals surface area (Å²) in [5, 5.41) is 0. The lowest BCUT2D eigenvalue weighted by atomic mass is 10.1. The molecule has 1 heterocycles. The van der Waals surface area contributed by atoms with Crippen LogP contribution in [-0.4, -0.2) is 4.98 Å². The fourth-order valence-electron chi connectivity index (χ4n) is 1.18. The Morgan fingerprint density at radius 2 is 1.79 bits per heavy atom. The fourth-order valence-corrected chi connectivity index (χ4v) is 1.45. The average Bonchev–Trinajstić information content (AvgIpc) is 2.19. The molecule has 0 saturated carbocycles. The molecule has 0 unspecified atom stereocenters. The van der Waals surface area contributed by atoms with Crippen LogP contribution in [0.2, 0.25) is 0 Å². The molecule has 2 aromatic rings. The van der Waals surface area contributed by atoms with Gasteiger partial charge in [0.05, 0.1) is 5.69 Å². The third-order valence-electron chi connectivity index (χ3n) is 1.86. The van der Waals surface area contributed by atoms with E-state index in [0.29, 0.717) is 5.69 Å². The van der Waals surface area contributed by atoms with Gasteiger partial charge in [-0.3, -0.25) is 4.98 Å². The zero-order valence-electron chi connectivity index (χ0n) is 7.24. The van der Waals surface area contributed by atoms with Crippen molar-refractivity contribution >= 4 is 15.9 Å². The molecular weight excluding hydrogens is 245 g/mol. The average molecular weight is 252 g/mol. The molecule has 0 fully saturated rings. The first-order valence-corrected chi connectivity index (χ1v) is 4.92. The predicted octanol–water partition coefficient (Wildman–Crippen LogP) is 3.65. The highest BCUT2D eigenvalue weighted by molar-refractivity contribution is 9.10. The van der Waals surface area contributed by atoms with Crippen LogP contribution in [0.5, 0.6) is 0 Å². The van der Waals surface area contributed by atoms with Crippen molar-refractivity contribution in [3.05, 3.63) is 52.9 Å². The molecule has 0 radical (unpaired) electrons. The lowest BCUT2D eigenvalue weighted by Gasteiger charge is -2.00. The quantitative estimate of drug-likeness (QED) is 0.754. The molecule has 14 heavy (non-hydrogen) atoms. The highest BCUT2D eigenvalue weighted by atomic mass is 79.9. The summed E-state index contributed by atoms with van der Waals surface area (Å²) in [6.45, 7) is 0. The molecular formula is C11H7BrFN. The third-order valence-corrected chi connectivity index (χ3v) is 2.39. The van der Waals surface area contributed by atoms with Gasteiger partial charge in [-0.25, -0.2) is 4.39 Å². The van der Waals surface area contributed by atoms with E-state index in [-0.39, 0.29) is 5.82 Å². The van der Waals surface area contributed by atoms with Crippen molar-refractivity contribution in [3.63, 3.8) is 0 Å². The smallest absolute Gasteiger partial charge is 0.126 e. The van der Waals surface area contributed by atoms with E-state index >= 15 is 0 Å². The normalized spacial score (nSPS) is 10.1. The molecule has 0 spiro atoms. The van der Waals surface area contributed by atoms with Crippen molar-refractivity contribution in [3.8, 4) is 11.3 Å². The first-order chi connectivity index (χ1) is 6.75. The summed E-state index contributed by atoms with van der Waals surface area (Å²) in [6, 6.07) is 10.4. The van der Waals surface area contributed by atoms with Crippen LogP contribution >= 0.6 is 15.9 Å². The van der Waals surface area contributed by atoms with Gasteiger partial charge in [0.25, 0.3) is 0 Å². The number of rotatable bonds is 1. The summed E-state index contributed by atoms with van der Waals surface area (Å²) in [6.07, 6.45) is 1.46. The molecule has 1 nitrogen and oxygen atoms in total. The summed E-state index contributed by atoms with van der Waals surface area (Å²) in [5.41, 5.74) is 1.56. The van der Waals surface area contributed by atoms with E-state index in [4.69, 9.17) is 0 Å². The van der Waals surface area contributed by atoms with Crippen molar-refractivity contribution in [2.75, 3.05) is 0 Å². The second-order valence-corrected chi connectivity index (χ2v) is 3.78. The Labute approximate surface area is 89.7 Å². The first-order valence-electron chi connectivity index (χ1n) is 4.13. The zero-order valence-corrected chi connectivity index (χ0v) is 8.83. The van der Waals surface area contributed by atoms with Gasteiger partial charge in [0.1, 0.15) is 5.82 Å². The second-order valence-electron chi connectivity index (χ2n) is 2.87. The Morgan fingerprint density at radius 3 is 2.43 bits per heavy atom. The van der Waals surface area contributed by atoms with E-state index in [0.717, 1.165) is 10.0 Å². The molecule has 0 aliphatic rings. The SMILES string of the molecule is Fc1ccnc(-c2ccc(Br)cc2)c1. The molecule has 3 heteroatoms. The maximum Gasteiger partial charge on any atom is 0.126 e. The van der Waals surface area contributed by atoms with Crippen molar-refractivity contribution < 1.29 is 4.39 Å². The topological polar surface area (TPSA) is 12.9 Å². The van der Waals surface area contributed by atoms with E-state index in [9.17, 15) is 4.39 Å². The van der Waals surface area contributed by atoms with Crippen molar-refractivity contribution in [1.82, 2.24) is 4.98 Å². The summed E-state index contributed by atoms with van der Waals surface area (Å²) in [4.78, 5) is 4.08. The third kappa shape index (κ3) is 1.99. The molecule has 1 aromatic heterocycles. The Hall–Kier alpha value is -1.22. The molecule has 0 amide bonds. The number of benzene rings is 1. The summed E-state index contributed by atoms with van der Waals surface area (Å²) in [5.74, 6) is -0.266. The molecule has 0 saturated heterocycles. The summed E-state index contributed by atoms with van der Waals surface area (Å²) >= 11 is 3.34. The standard InChI is InChI=1S/C11H7BrFN/c12-9-3-1-8(2-4-9)11-7-10(13)5-6-14-11/h1-7H. The van der Waals surface area contributed by atoms with Gasteiger partial charge < -0.3 is 0 Å². The van der Waals surface area contributed by atoms with Crippen molar-refractivity contribution in [2.45, 2.75) is 0 Å². The number of aromatic nitrogens is 1. The van der Waals surface area contributed by atoms with Gasteiger partial charge in [-0.15, -0.1) is 0 Å². The predicted molar refractivity (Wildman–Crippen MR) is 57.3 cm³/mol. The molecule has 0 N–H and O–H groups in total. The van der Waals surface area contributed by atoms with E-state index in [2.05, 4.69) is 20.9 Å². The van der Waals surface area contributed by atoms with Crippen LogP contribution in [0, 0.1) is 5.82 Å². The molecule has 0 aliphatic carbocycles. The van der Waals surface area contributed by atoms with Gasteiger partial charge in [-0.1, -0.05) is 28.1 Å². The lowest BCUT2D eigenvalue weighted by molar-refractivity contribution is 0.626. The van der Waals surface area contributed by atoms with Gasteiger partial charge in [0, 0.05) is 22.3 Å². The fraction of sp³-hybridized carbons (Fsp3) is 0. The summed E-state index contributed by atoms with van der Waals surface area (Å²) < 4.78 is 13.9. The van der Waals surface area contributed by atoms with Crippen LogP contribution in [0.25, 0.3) is 11.3 Å². The van der Waals surface area contributed by atoms with Crippen LogP contribution in [-0.2, 0) is 0 Å². The largest absolute Gasteiger partial charge is 0.256 e. The van der Waals surface area contributed by atoms with Crippen molar-refractivity contribution in [2.24, 2.45) is 0 Å². The minimum absolute atomic E-state index is 0.266. The Balaban J connectivity index is 2.44. The molecule has 70 valence electrons. The van der Waals surface area contributed by atoms with Crippen LogP contribution in [0.3, 0.4) is 0 Å². The molecule has 0 atom stereocenters. The number of halogens is 2. The monoisotopic (exact) mass is 251 g/mol. The maximum atomic E-state index is 12.9. The zero-order chi connectivity index (χ0) is 9.97. The summed E-state index contributed by atoms with van der Waals surface area (Å²) in [7, 11) is 0. The Morgan fingerprint density at radius 1 is 1.07 bits per heavy atom. The van der Waals surface area contributed by atoms with Crippen LogP contribution < -0.4 is 0 Å². The molecule has 0 bridgehead atoms. The number of pyridine rings is 1. The lowest BCUT2D eigenvalue weighted by Crippen LogP contribution is -1.84. The van der Waals surface area contributed by atoms with Crippen LogP contribution in [0.1, 0.15) is 0 Å². The van der Waals surface area contributed by atoms with Gasteiger partial charge >= 0.3 is 0 Å². The van der Waals surface area contributed by atoms with Gasteiger partial charge in [-0.2, -0.15) is 0 Å². The highest BCUT2D eigenvalue weighted by Crippen LogP contribution is 2.19. The van der Waals surface area contributed by atoms with E-state index < -0.39 is 0 Å². The Bertz CT molecular complexity index is 439. The van der Waals surface area contributed by atoms with Gasteiger partial charge in [-0.05, 0) is 18.2 Å². The second kappa shape index (κ2) is 3.88. The highest BCUT2D eigenvalue weighted by Gasteiger charge is 1.99. The molecule has 0 aliphatic heterocycles. The van der Waals surface area contributed by atoms with Crippen molar-refractivity contribution in [1.29, 1.82) is 0 Å². The minimum atomic E-state index is -0.266. The number of hydrogen-bond acceptors (Lipinski definition) is 1. The van der Waals surface area contributed by atoms with E-state index in [1.807, 2.05) is 24.3 Å². The molecule has 2 rings (SSSR count). The van der Waals surface area contributed by atoms with Crippen LogP contribution in [0.4, 0.5) is 4.39 Å². The Kier molecular flexibility index (Phi) is 2.59. The number of nitrogens with zero attached hydrogens (tertiary/aromatic N) is 1. The molecule has 1 aromatic carbocycles. The first kappa shape index (κ1) is 9.34. The maximum absolute atomic E-state index is 12.9. The van der Waals surface area contributed by atoms with Crippen LogP contribution in [0.15, 0.2) is 47.1 Å². The van der Waals surface area contributed by atoms with E-state index in [1.54, 1.807) is 0 Å². The van der Waals surface area contributed by atoms with Gasteiger partial charge in [0.2, 0.25) is 0 Å². The van der Waals surface area contributed by atoms with Gasteiger partial charge in [0.15, 0.2) is 0 Å². The number of hydrogen-bond donors (Lipinski definition) is 0. The minimum Gasteiger partial charge on any atom is -0.256 e. The van der Waals surface area contributed by atoms with E-state index in [1.165, 1.54) is 18.3 Å².